The molecule has 0 aromatic heterocycles. The topological polar surface area (TPSA) is 78.9 Å². The molecule has 238 valence electrons. The molecular weight excluding hydrogens is 690 g/mol. The quantitative estimate of drug-likeness (QED) is 0.0959. The van der Waals surface area contributed by atoms with Gasteiger partial charge in [0, 0.05) is 51.4 Å². The van der Waals surface area contributed by atoms with Gasteiger partial charge in [0.1, 0.15) is 0 Å². The van der Waals surface area contributed by atoms with Gasteiger partial charge in [-0.1, -0.05) is 25.7 Å². The monoisotopic (exact) mass is 746 g/mol. The summed E-state index contributed by atoms with van der Waals surface area (Å²) >= 11 is 2.26. The molecule has 6 aliphatic heterocycles. The normalized spacial score (nSPS) is 41.6. The van der Waals surface area contributed by atoms with Gasteiger partial charge in [-0.2, -0.15) is 0 Å². The molecule has 6 atom stereocenters. The van der Waals surface area contributed by atoms with Gasteiger partial charge in [0.2, 0.25) is 0 Å². The first-order chi connectivity index (χ1) is 19.9. The van der Waals surface area contributed by atoms with E-state index in [0.717, 1.165) is 64.2 Å². The molecule has 6 aliphatic rings. The van der Waals surface area contributed by atoms with E-state index in [1.165, 1.54) is 29.1 Å². The van der Waals surface area contributed by atoms with E-state index in [1.54, 1.807) is 0 Å². The van der Waals surface area contributed by atoms with Crippen molar-refractivity contribution in [1.29, 1.82) is 0.594 Å². The van der Waals surface area contributed by atoms with Crippen LogP contribution in [-0.4, -0.2) is 112 Å². The number of halogens is 1. The SMILES string of the molecule is CC1CN2CC(C)O[Si](CCCCCCCC[Si]34OC(C)CN(CC(C)O3)CC(C)O4)(O1)OC(C)C2.[3H]I(B=O)C=S. The Hall–Kier alpha value is 0.799. The molecule has 6 rings (SSSR count). The summed E-state index contributed by atoms with van der Waals surface area (Å²) in [4.78, 5) is 4.84. The molecule has 0 saturated carbocycles. The van der Waals surface area contributed by atoms with Crippen LogP contribution in [0.3, 0.4) is 0 Å². The molecule has 0 spiro atoms. The van der Waals surface area contributed by atoms with Crippen molar-refractivity contribution in [2.24, 2.45) is 0 Å². The minimum absolute atomic E-state index is 0.171. The van der Waals surface area contributed by atoms with Gasteiger partial charge in [-0.15, -0.1) is 0 Å². The first-order valence-corrected chi connectivity index (χ1v) is 22.4. The summed E-state index contributed by atoms with van der Waals surface area (Å²) in [5.74, 6) is 0. The van der Waals surface area contributed by atoms with Crippen LogP contribution < -0.4 is 0 Å². The zero-order chi connectivity index (χ0) is 30.8. The van der Waals surface area contributed by atoms with E-state index in [9.17, 15) is 4.70 Å². The van der Waals surface area contributed by atoms with Crippen molar-refractivity contribution in [2.45, 2.75) is 129 Å². The van der Waals surface area contributed by atoms with Crippen molar-refractivity contribution >= 4 is 59.0 Å². The molecule has 4 bridgehead atoms. The van der Waals surface area contributed by atoms with Crippen LogP contribution in [0.2, 0.25) is 12.1 Å². The molecule has 6 fully saturated rings. The van der Waals surface area contributed by atoms with E-state index in [0.29, 0.717) is 5.01 Å². The standard InChI is InChI=1S/C26H52N2O6Si2.CH2BIOS/c1-21-15-27-16-22(2)30-35(29-21,31-23(3)17-27)13-11-9-7-8-10-12-14-36-32-24(4)18-28(19-25(5)33-36)20-26(6)34-36;4-2-3-1-5/h21-26H,7-20H2,1-6H3;1,3H/i;3T. The van der Waals surface area contributed by atoms with E-state index < -0.39 is 38.4 Å². The second-order valence-electron chi connectivity index (χ2n) is 12.3. The average Bonchev–Trinajstić information content (AvgIpc) is 2.86. The second-order valence-corrected chi connectivity index (χ2v) is 20.4. The fourth-order valence-corrected chi connectivity index (χ4v) is 13.6. The van der Waals surface area contributed by atoms with E-state index in [2.05, 4.69) is 63.6 Å². The van der Waals surface area contributed by atoms with Gasteiger partial charge in [0.25, 0.3) is 0 Å². The molecule has 0 aromatic rings. The number of thiocarbonyl (C=S) groups is 1. The van der Waals surface area contributed by atoms with Gasteiger partial charge in [-0.05, 0) is 54.4 Å². The summed E-state index contributed by atoms with van der Waals surface area (Å²) in [7, 11) is -5.27. The van der Waals surface area contributed by atoms with Crippen LogP contribution in [0, 0.1) is 0 Å². The van der Waals surface area contributed by atoms with Crippen LogP contribution >= 0.6 is 33.0 Å². The average molecular weight is 747 g/mol. The molecule has 9 nitrogen and oxygen atoms in total. The molecule has 0 aromatic carbocycles. The van der Waals surface area contributed by atoms with Crippen LogP contribution in [0.1, 0.15) is 80.1 Å². The Morgan fingerprint density at radius 2 is 0.927 bits per heavy atom. The molecule has 0 N–H and O–H groups in total. The third kappa shape index (κ3) is 12.6. The molecule has 6 unspecified atom stereocenters. The summed E-state index contributed by atoms with van der Waals surface area (Å²) < 4.78 is 56.5. The molecule has 6 saturated heterocycles. The van der Waals surface area contributed by atoms with Crippen molar-refractivity contribution in [3.8, 4) is 0 Å². The van der Waals surface area contributed by atoms with Crippen molar-refractivity contribution in [2.75, 3.05) is 39.3 Å². The first kappa shape index (κ1) is 34.7. The Balaban J connectivity index is 0.000000730. The minimum atomic E-state index is -2.63. The van der Waals surface area contributed by atoms with Gasteiger partial charge >= 0.3 is 64.3 Å². The van der Waals surface area contributed by atoms with E-state index in [1.807, 2.05) is 0 Å². The number of unbranched alkanes of at least 4 members (excludes halogenated alkanes) is 5. The van der Waals surface area contributed by atoms with Gasteiger partial charge in [0.05, 0.1) is 36.6 Å². The molecule has 41 heavy (non-hydrogen) atoms. The predicted octanol–water partition coefficient (Wildman–Crippen LogP) is 4.91. The van der Waals surface area contributed by atoms with E-state index in [-0.39, 0.29) is 36.6 Å². The van der Waals surface area contributed by atoms with Gasteiger partial charge in [-0.25, -0.2) is 0 Å². The number of hydrogen-bond acceptors (Lipinski definition) is 10. The van der Waals surface area contributed by atoms with Crippen LogP contribution in [0.15, 0.2) is 0 Å². The Morgan fingerprint density at radius 3 is 1.15 bits per heavy atom. The zero-order valence-electron chi connectivity index (χ0n) is 27.1. The van der Waals surface area contributed by atoms with Crippen LogP contribution in [0.5, 0.6) is 0 Å². The molecule has 0 amide bonds. The Kier molecular flexibility index (Phi) is 15.3. The molecular formula is C27H54BIN2O7SSi2. The molecule has 14 heteroatoms. The van der Waals surface area contributed by atoms with E-state index >= 15 is 0 Å². The van der Waals surface area contributed by atoms with Crippen molar-refractivity contribution in [3.63, 3.8) is 0 Å². The summed E-state index contributed by atoms with van der Waals surface area (Å²) in [6.07, 6.45) is 8.10. The summed E-state index contributed by atoms with van der Waals surface area (Å²) in [5, 5.41) is 0.636. The number of nitrogens with zero attached hydrogens (tertiary/aromatic N) is 2. The Labute approximate surface area is 267 Å². The summed E-state index contributed by atoms with van der Waals surface area (Å²) in [6.45, 7) is 18.9. The van der Waals surface area contributed by atoms with Crippen LogP contribution in [-0.2, 0) is 31.3 Å². The summed E-state index contributed by atoms with van der Waals surface area (Å²) in [6, 6.07) is 1.87. The predicted molar refractivity (Wildman–Crippen MR) is 180 cm³/mol. The van der Waals surface area contributed by atoms with E-state index in [4.69, 9.17) is 27.1 Å². The van der Waals surface area contributed by atoms with Gasteiger partial charge < -0.3 is 26.6 Å². The van der Waals surface area contributed by atoms with Gasteiger partial charge in [0.15, 0.2) is 0 Å². The van der Waals surface area contributed by atoms with Crippen LogP contribution in [0.25, 0.3) is 0 Å². The number of hydrogen-bond donors (Lipinski definition) is 0. The van der Waals surface area contributed by atoms with Gasteiger partial charge in [-0.3, -0.25) is 9.80 Å². The Morgan fingerprint density at radius 1 is 0.659 bits per heavy atom. The molecule has 0 radical (unpaired) electrons. The van der Waals surface area contributed by atoms with Crippen molar-refractivity contribution in [3.05, 3.63) is 0 Å². The third-order valence-electron chi connectivity index (χ3n) is 7.70. The molecule has 6 heterocycles. The number of fused-ring (bicyclic) bond motifs is 12. The van der Waals surface area contributed by atoms with Crippen molar-refractivity contribution < 1.29 is 31.3 Å². The maximum absolute atomic E-state index is 9.52. The van der Waals surface area contributed by atoms with Crippen molar-refractivity contribution in [1.82, 2.24) is 9.80 Å². The Bertz CT molecular complexity index is 713. The molecule has 0 aliphatic carbocycles. The second kappa shape index (κ2) is 18.1. The number of rotatable bonds is 11. The van der Waals surface area contributed by atoms with Crippen LogP contribution in [0.4, 0.5) is 0 Å². The fourth-order valence-electron chi connectivity index (χ4n) is 6.62. The third-order valence-corrected chi connectivity index (χ3v) is 15.5. The zero-order valence-corrected chi connectivity index (χ0v) is 31.0. The maximum atomic E-state index is 9.52. The first-order valence-electron chi connectivity index (χ1n) is 15.9. The fraction of sp³-hybridized carbons (Fsp3) is 0.963. The summed E-state index contributed by atoms with van der Waals surface area (Å²) in [5.41, 5.74) is 0.